The summed E-state index contributed by atoms with van der Waals surface area (Å²) in [5.74, 6) is 1.96. The molecule has 0 saturated heterocycles. The van der Waals surface area contributed by atoms with Crippen molar-refractivity contribution in [3.8, 4) is 5.88 Å². The quantitative estimate of drug-likeness (QED) is 0.777. The fourth-order valence-corrected chi connectivity index (χ4v) is 2.77. The zero-order valence-corrected chi connectivity index (χ0v) is 12.2. The van der Waals surface area contributed by atoms with Crippen molar-refractivity contribution in [2.75, 3.05) is 11.9 Å². The lowest BCUT2D eigenvalue weighted by Gasteiger charge is -2.07. The Kier molecular flexibility index (Phi) is 3.56. The van der Waals surface area contributed by atoms with E-state index in [4.69, 9.17) is 9.15 Å². The molecule has 0 spiro atoms. The lowest BCUT2D eigenvalue weighted by molar-refractivity contribution is 0.264. The molecule has 0 aromatic carbocycles. The number of thiophene rings is 1. The highest BCUT2D eigenvalue weighted by molar-refractivity contribution is 7.18. The van der Waals surface area contributed by atoms with Gasteiger partial charge in [0.15, 0.2) is 0 Å². The summed E-state index contributed by atoms with van der Waals surface area (Å²) in [6.45, 7) is 5.19. The molecule has 3 heterocycles. The minimum Gasteiger partial charge on any atom is -0.469 e. The third-order valence-corrected chi connectivity index (χ3v) is 3.69. The maximum Gasteiger partial charge on any atom is 0.227 e. The molecular formula is C14H15N3O2S. The number of anilines is 1. The Hall–Kier alpha value is -2.08. The van der Waals surface area contributed by atoms with Gasteiger partial charge in [0.2, 0.25) is 11.8 Å². The Labute approximate surface area is 120 Å². The molecule has 0 aliphatic heterocycles. The topological polar surface area (TPSA) is 60.2 Å². The van der Waals surface area contributed by atoms with Crippen molar-refractivity contribution in [2.45, 2.75) is 20.5 Å². The van der Waals surface area contributed by atoms with Gasteiger partial charge in [-0.2, -0.15) is 4.98 Å². The summed E-state index contributed by atoms with van der Waals surface area (Å²) in [6.07, 6.45) is 1.63. The maximum atomic E-state index is 5.79. The molecule has 5 nitrogen and oxygen atoms in total. The fraction of sp³-hybridized carbons (Fsp3) is 0.286. The van der Waals surface area contributed by atoms with E-state index in [0.717, 1.165) is 22.5 Å². The molecule has 20 heavy (non-hydrogen) atoms. The molecule has 1 N–H and O–H groups in total. The first-order chi connectivity index (χ1) is 9.76. The number of fused-ring (bicyclic) bond motifs is 1. The summed E-state index contributed by atoms with van der Waals surface area (Å²) in [6, 6.07) is 5.77. The van der Waals surface area contributed by atoms with Crippen molar-refractivity contribution in [3.63, 3.8) is 0 Å². The van der Waals surface area contributed by atoms with Gasteiger partial charge in [0.05, 0.1) is 11.6 Å². The van der Waals surface area contributed by atoms with Crippen LogP contribution in [0, 0.1) is 6.92 Å². The number of nitrogens with one attached hydrogen (secondary N) is 1. The highest BCUT2D eigenvalue weighted by Gasteiger charge is 2.12. The van der Waals surface area contributed by atoms with Gasteiger partial charge in [-0.3, -0.25) is 0 Å². The molecule has 0 aliphatic rings. The number of furan rings is 1. The van der Waals surface area contributed by atoms with E-state index in [-0.39, 0.29) is 0 Å². The SMILES string of the molecule is CCNc1nc(OCc2ccco2)c2cc(C)sc2n1. The van der Waals surface area contributed by atoms with E-state index in [2.05, 4.69) is 22.2 Å². The minimum atomic E-state index is 0.361. The summed E-state index contributed by atoms with van der Waals surface area (Å²) in [7, 11) is 0. The van der Waals surface area contributed by atoms with Crippen molar-refractivity contribution < 1.29 is 9.15 Å². The van der Waals surface area contributed by atoms with Crippen LogP contribution in [0.15, 0.2) is 28.9 Å². The van der Waals surface area contributed by atoms with Crippen LogP contribution in [0.4, 0.5) is 5.95 Å². The van der Waals surface area contributed by atoms with Crippen LogP contribution in [0.1, 0.15) is 17.6 Å². The van der Waals surface area contributed by atoms with Gasteiger partial charge in [-0.1, -0.05) is 0 Å². The van der Waals surface area contributed by atoms with Crippen LogP contribution < -0.4 is 10.1 Å². The monoisotopic (exact) mass is 289 g/mol. The summed E-state index contributed by atoms with van der Waals surface area (Å²) < 4.78 is 11.1. The molecule has 0 bridgehead atoms. The molecular weight excluding hydrogens is 274 g/mol. The van der Waals surface area contributed by atoms with Gasteiger partial charge in [-0.15, -0.1) is 11.3 Å². The second-order valence-electron chi connectivity index (χ2n) is 4.33. The summed E-state index contributed by atoms with van der Waals surface area (Å²) >= 11 is 1.64. The second-order valence-corrected chi connectivity index (χ2v) is 5.56. The molecule has 3 aromatic rings. The van der Waals surface area contributed by atoms with E-state index in [1.165, 1.54) is 4.88 Å². The Morgan fingerprint density at radius 2 is 2.30 bits per heavy atom. The highest BCUT2D eigenvalue weighted by Crippen LogP contribution is 2.31. The van der Waals surface area contributed by atoms with Crippen LogP contribution >= 0.6 is 11.3 Å². The Morgan fingerprint density at radius 1 is 1.40 bits per heavy atom. The highest BCUT2D eigenvalue weighted by atomic mass is 32.1. The average molecular weight is 289 g/mol. The third-order valence-electron chi connectivity index (χ3n) is 2.75. The molecule has 3 rings (SSSR count). The molecule has 104 valence electrons. The van der Waals surface area contributed by atoms with Crippen molar-refractivity contribution in [3.05, 3.63) is 35.1 Å². The van der Waals surface area contributed by atoms with E-state index in [9.17, 15) is 0 Å². The maximum absolute atomic E-state index is 5.79. The van der Waals surface area contributed by atoms with Gasteiger partial charge in [0.1, 0.15) is 17.2 Å². The predicted molar refractivity (Wildman–Crippen MR) is 79.4 cm³/mol. The van der Waals surface area contributed by atoms with Crippen LogP contribution in [-0.2, 0) is 6.61 Å². The number of hydrogen-bond acceptors (Lipinski definition) is 6. The zero-order valence-electron chi connectivity index (χ0n) is 11.3. The first-order valence-corrected chi connectivity index (χ1v) is 7.25. The number of ether oxygens (including phenoxy) is 1. The largest absolute Gasteiger partial charge is 0.469 e. The van der Waals surface area contributed by atoms with Crippen LogP contribution in [-0.4, -0.2) is 16.5 Å². The predicted octanol–water partition coefficient (Wildman–Crippen LogP) is 3.60. The summed E-state index contributed by atoms with van der Waals surface area (Å²) in [4.78, 5) is 11.0. The van der Waals surface area contributed by atoms with Gasteiger partial charge in [0, 0.05) is 11.4 Å². The van der Waals surface area contributed by atoms with Crippen LogP contribution in [0.3, 0.4) is 0 Å². The molecule has 0 amide bonds. The number of rotatable bonds is 5. The fourth-order valence-electron chi connectivity index (χ4n) is 1.90. The van der Waals surface area contributed by atoms with Gasteiger partial charge >= 0.3 is 0 Å². The number of nitrogens with zero attached hydrogens (tertiary/aromatic N) is 2. The van der Waals surface area contributed by atoms with E-state index in [1.807, 2.05) is 25.1 Å². The van der Waals surface area contributed by atoms with Crippen LogP contribution in [0.5, 0.6) is 5.88 Å². The van der Waals surface area contributed by atoms with E-state index < -0.39 is 0 Å². The van der Waals surface area contributed by atoms with E-state index in [1.54, 1.807) is 17.6 Å². The van der Waals surface area contributed by atoms with Crippen LogP contribution in [0.2, 0.25) is 0 Å². The lowest BCUT2D eigenvalue weighted by atomic mass is 10.3. The molecule has 6 heteroatoms. The van der Waals surface area contributed by atoms with Crippen LogP contribution in [0.25, 0.3) is 10.2 Å². The first-order valence-electron chi connectivity index (χ1n) is 6.43. The second kappa shape index (κ2) is 5.50. The third kappa shape index (κ3) is 2.60. The molecule has 3 aromatic heterocycles. The number of aryl methyl sites for hydroxylation is 1. The number of hydrogen-bond donors (Lipinski definition) is 1. The Bertz CT molecular complexity index is 707. The normalized spacial score (nSPS) is 10.9. The van der Waals surface area contributed by atoms with Gasteiger partial charge in [-0.05, 0) is 32.0 Å². The first kappa shape index (κ1) is 12.9. The van der Waals surface area contributed by atoms with Gasteiger partial charge < -0.3 is 14.5 Å². The molecule has 0 aliphatic carbocycles. The smallest absolute Gasteiger partial charge is 0.227 e. The van der Waals surface area contributed by atoms with Crippen molar-refractivity contribution in [2.24, 2.45) is 0 Å². The van der Waals surface area contributed by atoms with Gasteiger partial charge in [0.25, 0.3) is 0 Å². The van der Waals surface area contributed by atoms with E-state index in [0.29, 0.717) is 18.4 Å². The molecule has 0 unspecified atom stereocenters. The molecule has 0 saturated carbocycles. The number of aromatic nitrogens is 2. The van der Waals surface area contributed by atoms with Crippen molar-refractivity contribution in [1.82, 2.24) is 9.97 Å². The van der Waals surface area contributed by atoms with E-state index >= 15 is 0 Å². The lowest BCUT2D eigenvalue weighted by Crippen LogP contribution is -2.04. The Balaban J connectivity index is 1.93. The van der Waals surface area contributed by atoms with Gasteiger partial charge in [-0.25, -0.2) is 4.98 Å². The molecule has 0 radical (unpaired) electrons. The summed E-state index contributed by atoms with van der Waals surface area (Å²) in [5.41, 5.74) is 0. The van der Waals surface area contributed by atoms with Crippen molar-refractivity contribution >= 4 is 27.5 Å². The van der Waals surface area contributed by atoms with Crippen molar-refractivity contribution in [1.29, 1.82) is 0 Å². The molecule has 0 fully saturated rings. The zero-order chi connectivity index (χ0) is 13.9. The Morgan fingerprint density at radius 3 is 3.05 bits per heavy atom. The minimum absolute atomic E-state index is 0.361. The standard InChI is InChI=1S/C14H15N3O2S/c1-3-15-14-16-12(19-8-10-5-4-6-18-10)11-7-9(2)20-13(11)17-14/h4-7H,3,8H2,1-2H3,(H,15,16,17). The molecule has 0 atom stereocenters. The average Bonchev–Trinajstić information content (AvgIpc) is 3.04. The summed E-state index contributed by atoms with van der Waals surface area (Å²) in [5, 5.41) is 4.07.